The number of rotatable bonds is 6. The Kier molecular flexibility index (Phi) is 5.73. The number of sulfonamides is 1. The number of benzene rings is 2. The van der Waals surface area contributed by atoms with Crippen LogP contribution in [0.1, 0.15) is 30.6 Å². The van der Waals surface area contributed by atoms with E-state index < -0.39 is 27.6 Å². The van der Waals surface area contributed by atoms with E-state index in [1.54, 1.807) is 0 Å². The summed E-state index contributed by atoms with van der Waals surface area (Å²) < 4.78 is 53.4. The van der Waals surface area contributed by atoms with E-state index in [2.05, 4.69) is 5.32 Å². The normalized spacial score (nSPS) is 12.5. The van der Waals surface area contributed by atoms with Crippen LogP contribution in [-0.4, -0.2) is 20.4 Å². The average molecular weight is 368 g/mol. The van der Waals surface area contributed by atoms with Crippen LogP contribution in [0.2, 0.25) is 0 Å². The molecule has 5 nitrogen and oxygen atoms in total. The summed E-state index contributed by atoms with van der Waals surface area (Å²) in [4.78, 5) is 11.9. The van der Waals surface area contributed by atoms with E-state index in [-0.39, 0.29) is 22.2 Å². The molecule has 0 spiro atoms. The van der Waals surface area contributed by atoms with Gasteiger partial charge in [0.2, 0.25) is 0 Å². The molecule has 0 fully saturated rings. The molecule has 0 saturated carbocycles. The zero-order valence-corrected chi connectivity index (χ0v) is 14.5. The molecule has 1 atom stereocenters. The Morgan fingerprint density at radius 2 is 1.88 bits per heavy atom. The Labute approximate surface area is 145 Å². The first-order valence-electron chi connectivity index (χ1n) is 7.61. The minimum absolute atomic E-state index is 0.0563. The van der Waals surface area contributed by atoms with Crippen molar-refractivity contribution in [3.63, 3.8) is 0 Å². The zero-order valence-electron chi connectivity index (χ0n) is 13.7. The lowest BCUT2D eigenvalue weighted by atomic mass is 10.2. The van der Waals surface area contributed by atoms with Gasteiger partial charge in [0.05, 0.1) is 10.6 Å². The van der Waals surface area contributed by atoms with Gasteiger partial charge in [-0.15, -0.1) is 0 Å². The van der Waals surface area contributed by atoms with Gasteiger partial charge in [-0.2, -0.15) is 0 Å². The number of carbonyl (C=O) groups excluding carboxylic acids is 1. The van der Waals surface area contributed by atoms with Gasteiger partial charge in [0.1, 0.15) is 11.6 Å². The lowest BCUT2D eigenvalue weighted by Crippen LogP contribution is -2.32. The van der Waals surface area contributed by atoms with Crippen molar-refractivity contribution in [2.24, 2.45) is 0 Å². The molecular formula is C17H18F2N2O3S. The van der Waals surface area contributed by atoms with Crippen molar-refractivity contribution in [1.82, 2.24) is 5.32 Å². The highest BCUT2D eigenvalue weighted by Crippen LogP contribution is 2.20. The van der Waals surface area contributed by atoms with Crippen LogP contribution in [0.3, 0.4) is 0 Å². The second-order valence-electron chi connectivity index (χ2n) is 5.54. The van der Waals surface area contributed by atoms with Crippen LogP contribution in [0.25, 0.3) is 0 Å². The smallest absolute Gasteiger partial charge is 0.262 e. The van der Waals surface area contributed by atoms with Crippen molar-refractivity contribution in [3.8, 4) is 0 Å². The third kappa shape index (κ3) is 4.76. The molecule has 0 aliphatic rings. The fraction of sp³-hybridized carbons (Fsp3) is 0.235. The largest absolute Gasteiger partial charge is 0.350 e. The maximum absolute atomic E-state index is 13.7. The summed E-state index contributed by atoms with van der Waals surface area (Å²) in [5, 5.41) is 2.73. The predicted octanol–water partition coefficient (Wildman–Crippen LogP) is 3.29. The standard InChI is InChI=1S/C17H18F2N2O3S/c1-3-11(2)20-17(22)12-5-4-6-14(9-12)25(23,24)21-16-8-7-13(18)10-15(16)19/h4-11,21H,3H2,1-2H3,(H,20,22). The van der Waals surface area contributed by atoms with Crippen molar-refractivity contribution < 1.29 is 22.0 Å². The average Bonchev–Trinajstić information content (AvgIpc) is 2.57. The Bertz CT molecular complexity index is 885. The van der Waals surface area contributed by atoms with Crippen LogP contribution in [-0.2, 0) is 10.0 Å². The monoisotopic (exact) mass is 368 g/mol. The van der Waals surface area contributed by atoms with E-state index in [1.807, 2.05) is 18.6 Å². The Balaban J connectivity index is 2.27. The van der Waals surface area contributed by atoms with Crippen LogP contribution in [0, 0.1) is 11.6 Å². The second-order valence-corrected chi connectivity index (χ2v) is 7.22. The van der Waals surface area contributed by atoms with Crippen LogP contribution >= 0.6 is 0 Å². The number of nitrogens with one attached hydrogen (secondary N) is 2. The molecule has 0 aliphatic heterocycles. The fourth-order valence-corrected chi connectivity index (χ4v) is 3.10. The molecule has 0 aliphatic carbocycles. The molecule has 1 unspecified atom stereocenters. The van der Waals surface area contributed by atoms with Crippen molar-refractivity contribution in [2.45, 2.75) is 31.2 Å². The summed E-state index contributed by atoms with van der Waals surface area (Å²) in [6.07, 6.45) is 0.731. The lowest BCUT2D eigenvalue weighted by Gasteiger charge is -2.13. The Morgan fingerprint density at radius 3 is 2.52 bits per heavy atom. The molecule has 134 valence electrons. The second kappa shape index (κ2) is 7.60. The third-order valence-electron chi connectivity index (χ3n) is 3.57. The topological polar surface area (TPSA) is 75.3 Å². The first-order valence-corrected chi connectivity index (χ1v) is 9.10. The van der Waals surface area contributed by atoms with E-state index >= 15 is 0 Å². The van der Waals surface area contributed by atoms with E-state index in [9.17, 15) is 22.0 Å². The maximum Gasteiger partial charge on any atom is 0.262 e. The Hall–Kier alpha value is -2.48. The van der Waals surface area contributed by atoms with Crippen LogP contribution < -0.4 is 10.0 Å². The van der Waals surface area contributed by atoms with E-state index in [4.69, 9.17) is 0 Å². The van der Waals surface area contributed by atoms with Gasteiger partial charge in [-0.3, -0.25) is 9.52 Å². The number of hydrogen-bond donors (Lipinski definition) is 2. The molecule has 0 heterocycles. The number of carbonyl (C=O) groups is 1. The van der Waals surface area contributed by atoms with Gasteiger partial charge >= 0.3 is 0 Å². The van der Waals surface area contributed by atoms with Gasteiger partial charge in [0, 0.05) is 17.7 Å². The van der Waals surface area contributed by atoms with Crippen molar-refractivity contribution in [1.29, 1.82) is 0 Å². The lowest BCUT2D eigenvalue weighted by molar-refractivity contribution is 0.0939. The highest BCUT2D eigenvalue weighted by Gasteiger charge is 2.19. The summed E-state index contributed by atoms with van der Waals surface area (Å²) in [6.45, 7) is 3.74. The minimum Gasteiger partial charge on any atom is -0.350 e. The number of anilines is 1. The third-order valence-corrected chi connectivity index (χ3v) is 4.94. The highest BCUT2D eigenvalue weighted by molar-refractivity contribution is 7.92. The van der Waals surface area contributed by atoms with Gasteiger partial charge in [0.25, 0.3) is 15.9 Å². The van der Waals surface area contributed by atoms with E-state index in [0.29, 0.717) is 6.07 Å². The summed E-state index contributed by atoms with van der Waals surface area (Å²) >= 11 is 0. The van der Waals surface area contributed by atoms with Crippen LogP contribution in [0.5, 0.6) is 0 Å². The molecule has 2 rings (SSSR count). The molecule has 2 aromatic rings. The van der Waals surface area contributed by atoms with Crippen molar-refractivity contribution in [2.75, 3.05) is 4.72 Å². The molecular weight excluding hydrogens is 350 g/mol. The van der Waals surface area contributed by atoms with Gasteiger partial charge in [-0.25, -0.2) is 17.2 Å². The molecule has 2 aromatic carbocycles. The molecule has 0 saturated heterocycles. The zero-order chi connectivity index (χ0) is 18.6. The summed E-state index contributed by atoms with van der Waals surface area (Å²) in [5.41, 5.74) is -0.210. The molecule has 25 heavy (non-hydrogen) atoms. The molecule has 8 heteroatoms. The summed E-state index contributed by atoms with van der Waals surface area (Å²) in [7, 11) is -4.13. The SMILES string of the molecule is CCC(C)NC(=O)c1cccc(S(=O)(=O)Nc2ccc(F)cc2F)c1. The number of halogens is 2. The van der Waals surface area contributed by atoms with Gasteiger partial charge in [-0.1, -0.05) is 13.0 Å². The minimum atomic E-state index is -4.13. The molecule has 0 radical (unpaired) electrons. The highest BCUT2D eigenvalue weighted by atomic mass is 32.2. The van der Waals surface area contributed by atoms with Gasteiger partial charge in [-0.05, 0) is 43.7 Å². The quantitative estimate of drug-likeness (QED) is 0.822. The predicted molar refractivity (Wildman–Crippen MR) is 90.8 cm³/mol. The van der Waals surface area contributed by atoms with Crippen molar-refractivity contribution in [3.05, 3.63) is 59.7 Å². The first kappa shape index (κ1) is 18.9. The maximum atomic E-state index is 13.7. The number of amides is 1. The molecule has 0 aromatic heterocycles. The summed E-state index contributed by atoms with van der Waals surface area (Å²) in [6, 6.07) is 7.83. The van der Waals surface area contributed by atoms with Crippen molar-refractivity contribution >= 4 is 21.6 Å². The Morgan fingerprint density at radius 1 is 1.16 bits per heavy atom. The first-order chi connectivity index (χ1) is 11.7. The van der Waals surface area contributed by atoms with Gasteiger partial charge in [0.15, 0.2) is 0 Å². The van der Waals surface area contributed by atoms with Crippen LogP contribution in [0.15, 0.2) is 47.4 Å². The van der Waals surface area contributed by atoms with E-state index in [0.717, 1.165) is 18.6 Å². The molecule has 0 bridgehead atoms. The molecule has 1 amide bonds. The van der Waals surface area contributed by atoms with E-state index in [1.165, 1.54) is 24.3 Å². The van der Waals surface area contributed by atoms with Crippen LogP contribution in [0.4, 0.5) is 14.5 Å². The molecule has 2 N–H and O–H groups in total. The number of hydrogen-bond acceptors (Lipinski definition) is 3. The van der Waals surface area contributed by atoms with Gasteiger partial charge < -0.3 is 5.32 Å². The summed E-state index contributed by atoms with van der Waals surface area (Å²) in [5.74, 6) is -2.25. The fourth-order valence-electron chi connectivity index (χ4n) is 1.99.